The topological polar surface area (TPSA) is 57.5 Å². The van der Waals surface area contributed by atoms with Gasteiger partial charge in [-0.1, -0.05) is 35.9 Å². The second kappa shape index (κ2) is 8.27. The highest BCUT2D eigenvalue weighted by Gasteiger charge is 2.15. The second-order valence-electron chi connectivity index (χ2n) is 6.15. The number of hydrogen-bond acceptors (Lipinski definition) is 4. The van der Waals surface area contributed by atoms with Crippen molar-refractivity contribution in [3.05, 3.63) is 70.4 Å². The Morgan fingerprint density at radius 2 is 1.81 bits per heavy atom. The Morgan fingerprint density at radius 3 is 2.52 bits per heavy atom. The Morgan fingerprint density at radius 1 is 1.04 bits per heavy atom. The molecule has 0 saturated carbocycles. The number of halogens is 1. The van der Waals surface area contributed by atoms with Crippen LogP contribution >= 0.6 is 11.6 Å². The highest BCUT2D eigenvalue weighted by molar-refractivity contribution is 6.31. The molecule has 0 spiro atoms. The van der Waals surface area contributed by atoms with Crippen molar-refractivity contribution in [2.45, 2.75) is 19.4 Å². The van der Waals surface area contributed by atoms with Crippen LogP contribution in [0.25, 0.3) is 10.9 Å². The zero-order valence-electron chi connectivity index (χ0n) is 15.2. The zero-order valence-corrected chi connectivity index (χ0v) is 16.0. The van der Waals surface area contributed by atoms with Gasteiger partial charge in [-0.2, -0.15) is 0 Å². The predicted octanol–water partition coefficient (Wildman–Crippen LogP) is 4.24. The van der Waals surface area contributed by atoms with Gasteiger partial charge in [-0.25, -0.2) is 4.79 Å². The van der Waals surface area contributed by atoms with Crippen LogP contribution < -0.4 is 0 Å². The number of esters is 2. The molecule has 3 rings (SSSR count). The molecule has 0 aliphatic rings. The fraction of sp³-hybridized carbons (Fsp3) is 0.238. The minimum absolute atomic E-state index is 0.264. The van der Waals surface area contributed by atoms with E-state index in [2.05, 4.69) is 4.57 Å². The van der Waals surface area contributed by atoms with Gasteiger partial charge in [0.1, 0.15) is 0 Å². The lowest BCUT2D eigenvalue weighted by atomic mass is 10.1. The van der Waals surface area contributed by atoms with E-state index in [-0.39, 0.29) is 12.4 Å². The Labute approximate surface area is 162 Å². The summed E-state index contributed by atoms with van der Waals surface area (Å²) >= 11 is 6.34. The first-order chi connectivity index (χ1) is 13.0. The molecule has 6 heteroatoms. The first-order valence-electron chi connectivity index (χ1n) is 8.54. The Balaban J connectivity index is 2.07. The highest BCUT2D eigenvalue weighted by atomic mass is 35.5. The Hall–Kier alpha value is -2.79. The van der Waals surface area contributed by atoms with E-state index in [0.29, 0.717) is 23.6 Å². The van der Waals surface area contributed by atoms with E-state index in [4.69, 9.17) is 21.1 Å². The van der Waals surface area contributed by atoms with Crippen molar-refractivity contribution in [3.63, 3.8) is 0 Å². The van der Waals surface area contributed by atoms with Gasteiger partial charge in [0.05, 0.1) is 26.2 Å². The standard InChI is InChI=1S/C21H20ClNO4/c1-26-20(24)10-9-17-11-14-7-8-15(21(25)27-2)12-19(14)23(17)13-16-5-3-4-6-18(16)22/h3-8,11-12H,9-10,13H2,1-2H3. The molecular formula is C21H20ClNO4. The number of nitrogens with zero attached hydrogens (tertiary/aromatic N) is 1. The van der Waals surface area contributed by atoms with E-state index in [1.807, 2.05) is 36.4 Å². The number of rotatable bonds is 6. The van der Waals surface area contributed by atoms with Crippen molar-refractivity contribution in [3.8, 4) is 0 Å². The van der Waals surface area contributed by atoms with Crippen LogP contribution in [0.2, 0.25) is 5.02 Å². The average Bonchev–Trinajstić information content (AvgIpc) is 3.03. The van der Waals surface area contributed by atoms with Crippen molar-refractivity contribution >= 4 is 34.4 Å². The van der Waals surface area contributed by atoms with Gasteiger partial charge < -0.3 is 14.0 Å². The first-order valence-corrected chi connectivity index (χ1v) is 8.92. The number of methoxy groups -OCH3 is 2. The Bertz CT molecular complexity index is 993. The molecule has 5 nitrogen and oxygen atoms in total. The fourth-order valence-electron chi connectivity index (χ4n) is 3.08. The summed E-state index contributed by atoms with van der Waals surface area (Å²) in [4.78, 5) is 23.5. The van der Waals surface area contributed by atoms with Crippen molar-refractivity contribution in [1.29, 1.82) is 0 Å². The molecule has 140 valence electrons. The van der Waals surface area contributed by atoms with Gasteiger partial charge in [0.25, 0.3) is 0 Å². The predicted molar refractivity (Wildman–Crippen MR) is 104 cm³/mol. The summed E-state index contributed by atoms with van der Waals surface area (Å²) in [5.41, 5.74) is 3.29. The lowest BCUT2D eigenvalue weighted by Gasteiger charge is -2.12. The van der Waals surface area contributed by atoms with Crippen LogP contribution in [-0.4, -0.2) is 30.7 Å². The molecule has 0 N–H and O–H groups in total. The molecule has 3 aromatic rings. The lowest BCUT2D eigenvalue weighted by molar-refractivity contribution is -0.140. The summed E-state index contributed by atoms with van der Waals surface area (Å²) in [6.45, 7) is 0.532. The molecule has 1 heterocycles. The summed E-state index contributed by atoms with van der Waals surface area (Å²) in [7, 11) is 2.74. The molecular weight excluding hydrogens is 366 g/mol. The normalized spacial score (nSPS) is 10.8. The van der Waals surface area contributed by atoms with Crippen molar-refractivity contribution in [2.24, 2.45) is 0 Å². The maximum atomic E-state index is 11.9. The molecule has 0 saturated heterocycles. The summed E-state index contributed by atoms with van der Waals surface area (Å²) in [5, 5.41) is 1.65. The highest BCUT2D eigenvalue weighted by Crippen LogP contribution is 2.26. The second-order valence-corrected chi connectivity index (χ2v) is 6.56. The molecule has 1 aromatic heterocycles. The van der Waals surface area contributed by atoms with Gasteiger partial charge in [-0.15, -0.1) is 0 Å². The third kappa shape index (κ3) is 4.14. The van der Waals surface area contributed by atoms with Crippen LogP contribution in [-0.2, 0) is 27.2 Å². The van der Waals surface area contributed by atoms with Gasteiger partial charge in [0, 0.05) is 22.8 Å². The van der Waals surface area contributed by atoms with Crippen LogP contribution in [0.5, 0.6) is 0 Å². The van der Waals surface area contributed by atoms with Crippen molar-refractivity contribution in [1.82, 2.24) is 4.57 Å². The maximum Gasteiger partial charge on any atom is 0.337 e. The van der Waals surface area contributed by atoms with E-state index in [9.17, 15) is 9.59 Å². The van der Waals surface area contributed by atoms with Crippen molar-refractivity contribution < 1.29 is 19.1 Å². The minimum atomic E-state index is -0.390. The summed E-state index contributed by atoms with van der Waals surface area (Å²) < 4.78 is 11.7. The molecule has 27 heavy (non-hydrogen) atoms. The molecule has 0 fully saturated rings. The van der Waals surface area contributed by atoms with Crippen LogP contribution in [0, 0.1) is 0 Å². The van der Waals surface area contributed by atoms with Gasteiger partial charge >= 0.3 is 11.9 Å². The number of aromatic nitrogens is 1. The van der Waals surface area contributed by atoms with Crippen LogP contribution in [0.4, 0.5) is 0 Å². The quantitative estimate of drug-likeness (QED) is 0.596. The van der Waals surface area contributed by atoms with Crippen LogP contribution in [0.15, 0.2) is 48.5 Å². The summed E-state index contributed by atoms with van der Waals surface area (Å²) in [6, 6.07) is 15.1. The average molecular weight is 386 g/mol. The van der Waals surface area contributed by atoms with E-state index >= 15 is 0 Å². The third-order valence-corrected chi connectivity index (χ3v) is 4.88. The van der Waals surface area contributed by atoms with Gasteiger partial charge in [-0.3, -0.25) is 4.79 Å². The minimum Gasteiger partial charge on any atom is -0.469 e. The smallest absolute Gasteiger partial charge is 0.337 e. The lowest BCUT2D eigenvalue weighted by Crippen LogP contribution is -2.09. The maximum absolute atomic E-state index is 11.9. The number of hydrogen-bond donors (Lipinski definition) is 0. The zero-order chi connectivity index (χ0) is 19.4. The van der Waals surface area contributed by atoms with E-state index in [1.54, 1.807) is 12.1 Å². The monoisotopic (exact) mass is 385 g/mol. The summed E-state index contributed by atoms with van der Waals surface area (Å²) in [6.07, 6.45) is 0.804. The van der Waals surface area contributed by atoms with Gasteiger partial charge in [0.15, 0.2) is 0 Å². The van der Waals surface area contributed by atoms with Gasteiger partial charge in [-0.05, 0) is 41.6 Å². The molecule has 0 amide bonds. The molecule has 0 atom stereocenters. The number of ether oxygens (including phenoxy) is 2. The molecule has 0 bridgehead atoms. The third-order valence-electron chi connectivity index (χ3n) is 4.51. The first kappa shape index (κ1) is 19.0. The van der Waals surface area contributed by atoms with Crippen LogP contribution in [0.1, 0.15) is 28.0 Å². The number of carbonyl (C=O) groups is 2. The molecule has 0 aliphatic heterocycles. The summed E-state index contributed by atoms with van der Waals surface area (Å²) in [5.74, 6) is -0.654. The number of benzene rings is 2. The van der Waals surface area contributed by atoms with Gasteiger partial charge in [0.2, 0.25) is 0 Å². The van der Waals surface area contributed by atoms with Crippen molar-refractivity contribution in [2.75, 3.05) is 14.2 Å². The fourth-order valence-corrected chi connectivity index (χ4v) is 3.27. The van der Waals surface area contributed by atoms with E-state index < -0.39 is 5.97 Å². The van der Waals surface area contributed by atoms with Crippen LogP contribution in [0.3, 0.4) is 0 Å². The van der Waals surface area contributed by atoms with E-state index in [1.165, 1.54) is 14.2 Å². The molecule has 0 aliphatic carbocycles. The molecule has 2 aromatic carbocycles. The largest absolute Gasteiger partial charge is 0.469 e. The Kier molecular flexibility index (Phi) is 5.81. The number of carbonyl (C=O) groups excluding carboxylic acids is 2. The molecule has 0 unspecified atom stereocenters. The van der Waals surface area contributed by atoms with E-state index in [0.717, 1.165) is 22.2 Å². The molecule has 0 radical (unpaired) electrons. The SMILES string of the molecule is COC(=O)CCc1cc2ccc(C(=O)OC)cc2n1Cc1ccccc1Cl. The number of fused-ring (bicyclic) bond motifs is 1. The number of aryl methyl sites for hydroxylation is 1.